The molecule has 0 unspecified atom stereocenters. The van der Waals surface area contributed by atoms with Crippen molar-refractivity contribution in [1.82, 2.24) is 4.31 Å². The van der Waals surface area contributed by atoms with E-state index < -0.39 is 20.7 Å². The first-order valence-electron chi connectivity index (χ1n) is 5.52. The van der Waals surface area contributed by atoms with Crippen molar-refractivity contribution < 1.29 is 18.3 Å². The van der Waals surface area contributed by atoms with Crippen LogP contribution < -0.4 is 0 Å². The van der Waals surface area contributed by atoms with E-state index in [0.29, 0.717) is 4.90 Å². The monoisotopic (exact) mass is 303 g/mol. The smallest absolute Gasteiger partial charge is 0.319 e. The summed E-state index contributed by atoms with van der Waals surface area (Å²) < 4.78 is 23.9. The van der Waals surface area contributed by atoms with E-state index in [4.69, 9.17) is 5.11 Å². The van der Waals surface area contributed by atoms with Crippen LogP contribution in [0.25, 0.3) is 0 Å². The van der Waals surface area contributed by atoms with Crippen LogP contribution in [0.3, 0.4) is 0 Å². The van der Waals surface area contributed by atoms with Crippen molar-refractivity contribution in [3.8, 4) is 0 Å². The first-order chi connectivity index (χ1) is 8.57. The van der Waals surface area contributed by atoms with Crippen molar-refractivity contribution in [3.63, 3.8) is 0 Å². The Balaban J connectivity index is 2.99. The fraction of sp³-hybridized carbons (Fsp3) is 0.417. The zero-order valence-electron chi connectivity index (χ0n) is 11.2. The third kappa shape index (κ3) is 3.71. The lowest BCUT2D eigenvalue weighted by molar-refractivity contribution is -0.138. The van der Waals surface area contributed by atoms with Crippen LogP contribution in [0.4, 0.5) is 0 Å². The summed E-state index contributed by atoms with van der Waals surface area (Å²) in [5.74, 6) is -0.914. The Morgan fingerprint density at radius 3 is 2.05 bits per heavy atom. The van der Waals surface area contributed by atoms with E-state index in [1.807, 2.05) is 0 Å². The number of nitrogens with zero attached hydrogens (tertiary/aromatic N) is 1. The molecule has 0 aliphatic heterocycles. The number of carboxylic acids is 1. The standard InChI is InChI=1S/C12H17NO4S2/c1-12(2,11(14)15)18-9-5-7-10(8-6-9)19(16,17)13(3)4/h5-8H,1-4H3,(H,14,15). The van der Waals surface area contributed by atoms with Crippen molar-refractivity contribution >= 4 is 27.8 Å². The molecular formula is C12H17NO4S2. The molecule has 1 aromatic carbocycles. The molecule has 0 aliphatic carbocycles. The second kappa shape index (κ2) is 5.52. The molecule has 106 valence electrons. The van der Waals surface area contributed by atoms with E-state index in [2.05, 4.69) is 0 Å². The van der Waals surface area contributed by atoms with Crippen LogP contribution in [0.2, 0.25) is 0 Å². The number of hydrogen-bond donors (Lipinski definition) is 1. The van der Waals surface area contributed by atoms with Gasteiger partial charge in [0.2, 0.25) is 10.0 Å². The molecule has 0 saturated heterocycles. The molecule has 0 spiro atoms. The van der Waals surface area contributed by atoms with Gasteiger partial charge in [-0.1, -0.05) is 0 Å². The second-order valence-electron chi connectivity index (χ2n) is 4.68. The minimum atomic E-state index is -3.45. The highest BCUT2D eigenvalue weighted by Crippen LogP contribution is 2.33. The van der Waals surface area contributed by atoms with Gasteiger partial charge in [-0.05, 0) is 38.1 Å². The number of benzene rings is 1. The number of carbonyl (C=O) groups is 1. The van der Waals surface area contributed by atoms with Crippen LogP contribution in [-0.4, -0.2) is 42.6 Å². The van der Waals surface area contributed by atoms with Crippen LogP contribution >= 0.6 is 11.8 Å². The Bertz CT molecular complexity index is 562. The quantitative estimate of drug-likeness (QED) is 0.841. The second-order valence-corrected chi connectivity index (χ2v) is 8.52. The average molecular weight is 303 g/mol. The summed E-state index contributed by atoms with van der Waals surface area (Å²) in [5.41, 5.74) is 0. The summed E-state index contributed by atoms with van der Waals surface area (Å²) in [5, 5.41) is 9.04. The van der Waals surface area contributed by atoms with E-state index in [9.17, 15) is 13.2 Å². The predicted molar refractivity (Wildman–Crippen MR) is 74.9 cm³/mol. The van der Waals surface area contributed by atoms with Crippen LogP contribution in [0.5, 0.6) is 0 Å². The Hall–Kier alpha value is -1.05. The number of aliphatic carboxylic acids is 1. The first-order valence-corrected chi connectivity index (χ1v) is 7.78. The molecule has 1 rings (SSSR count). The third-order valence-corrected chi connectivity index (χ3v) is 5.51. The van der Waals surface area contributed by atoms with Crippen molar-refractivity contribution in [2.75, 3.05) is 14.1 Å². The molecule has 0 amide bonds. The number of carboxylic acid groups (broad SMARTS) is 1. The summed E-state index contributed by atoms with van der Waals surface area (Å²) in [6.45, 7) is 3.20. The van der Waals surface area contributed by atoms with Gasteiger partial charge in [0, 0.05) is 19.0 Å². The molecule has 19 heavy (non-hydrogen) atoms. The average Bonchev–Trinajstić information content (AvgIpc) is 2.28. The lowest BCUT2D eigenvalue weighted by Gasteiger charge is -2.18. The largest absolute Gasteiger partial charge is 0.480 e. The van der Waals surface area contributed by atoms with Gasteiger partial charge in [-0.15, -0.1) is 11.8 Å². The molecule has 7 heteroatoms. The maximum Gasteiger partial charge on any atom is 0.319 e. The number of rotatable bonds is 5. The number of thioether (sulfide) groups is 1. The molecule has 0 aromatic heterocycles. The van der Waals surface area contributed by atoms with Crippen LogP contribution in [0.15, 0.2) is 34.1 Å². The van der Waals surface area contributed by atoms with Crippen LogP contribution in [-0.2, 0) is 14.8 Å². The van der Waals surface area contributed by atoms with Crippen LogP contribution in [0, 0.1) is 0 Å². The highest BCUT2D eigenvalue weighted by Gasteiger charge is 2.28. The molecular weight excluding hydrogens is 286 g/mol. The zero-order chi connectivity index (χ0) is 14.8. The molecule has 0 atom stereocenters. The van der Waals surface area contributed by atoms with E-state index in [0.717, 1.165) is 4.31 Å². The SMILES string of the molecule is CN(C)S(=O)(=O)c1ccc(SC(C)(C)C(=O)O)cc1. The van der Waals surface area contributed by atoms with Crippen molar-refractivity contribution in [3.05, 3.63) is 24.3 Å². The normalized spacial score (nSPS) is 12.7. The van der Waals surface area contributed by atoms with E-state index >= 15 is 0 Å². The number of hydrogen-bond acceptors (Lipinski definition) is 4. The summed E-state index contributed by atoms with van der Waals surface area (Å²) >= 11 is 1.17. The molecule has 0 saturated carbocycles. The molecule has 0 fully saturated rings. The Morgan fingerprint density at radius 2 is 1.68 bits per heavy atom. The van der Waals surface area contributed by atoms with Gasteiger partial charge in [0.05, 0.1) is 4.90 Å². The molecule has 0 aliphatic rings. The fourth-order valence-electron chi connectivity index (χ4n) is 1.23. The molecule has 5 nitrogen and oxygen atoms in total. The Labute approximate surface area is 117 Å². The topological polar surface area (TPSA) is 74.7 Å². The molecule has 1 aromatic rings. The fourth-order valence-corrected chi connectivity index (χ4v) is 3.08. The Kier molecular flexibility index (Phi) is 4.65. The van der Waals surface area contributed by atoms with Crippen LogP contribution in [0.1, 0.15) is 13.8 Å². The van der Waals surface area contributed by atoms with E-state index in [-0.39, 0.29) is 4.90 Å². The highest BCUT2D eigenvalue weighted by molar-refractivity contribution is 8.01. The summed E-state index contributed by atoms with van der Waals surface area (Å²) in [6.07, 6.45) is 0. The van der Waals surface area contributed by atoms with E-state index in [1.165, 1.54) is 38.0 Å². The minimum absolute atomic E-state index is 0.190. The lowest BCUT2D eigenvalue weighted by atomic mass is 10.2. The van der Waals surface area contributed by atoms with Gasteiger partial charge in [-0.3, -0.25) is 4.79 Å². The van der Waals surface area contributed by atoms with Gasteiger partial charge >= 0.3 is 5.97 Å². The first kappa shape index (κ1) is 16.0. The summed E-state index contributed by atoms with van der Waals surface area (Å²) in [6, 6.07) is 6.20. The van der Waals surface area contributed by atoms with E-state index in [1.54, 1.807) is 26.0 Å². The lowest BCUT2D eigenvalue weighted by Crippen LogP contribution is -2.26. The van der Waals surface area contributed by atoms with Gasteiger partial charge in [0.15, 0.2) is 0 Å². The molecule has 0 heterocycles. The van der Waals surface area contributed by atoms with Crippen molar-refractivity contribution in [1.29, 1.82) is 0 Å². The van der Waals surface area contributed by atoms with Gasteiger partial charge in [-0.2, -0.15) is 0 Å². The summed E-state index contributed by atoms with van der Waals surface area (Å²) in [7, 11) is -0.518. The maximum atomic E-state index is 11.9. The van der Waals surface area contributed by atoms with Gasteiger partial charge < -0.3 is 5.11 Å². The van der Waals surface area contributed by atoms with Crippen molar-refractivity contribution in [2.24, 2.45) is 0 Å². The molecule has 0 radical (unpaired) electrons. The van der Waals surface area contributed by atoms with Crippen molar-refractivity contribution in [2.45, 2.75) is 28.4 Å². The molecule has 1 N–H and O–H groups in total. The predicted octanol–water partition coefficient (Wildman–Crippen LogP) is 1.89. The zero-order valence-corrected chi connectivity index (χ0v) is 12.9. The third-order valence-electron chi connectivity index (χ3n) is 2.49. The Morgan fingerprint density at radius 1 is 1.21 bits per heavy atom. The number of sulfonamides is 1. The maximum absolute atomic E-state index is 11.9. The van der Waals surface area contributed by atoms with Gasteiger partial charge in [-0.25, -0.2) is 12.7 Å². The highest BCUT2D eigenvalue weighted by atomic mass is 32.2. The van der Waals surface area contributed by atoms with Gasteiger partial charge in [0.25, 0.3) is 0 Å². The van der Waals surface area contributed by atoms with Gasteiger partial charge in [0.1, 0.15) is 4.75 Å². The minimum Gasteiger partial charge on any atom is -0.480 e. The molecule has 0 bridgehead atoms. The summed E-state index contributed by atoms with van der Waals surface area (Å²) in [4.78, 5) is 11.9.